The quantitative estimate of drug-likeness (QED) is 0.797. The van der Waals surface area contributed by atoms with Gasteiger partial charge in [0, 0.05) is 11.4 Å². The highest BCUT2D eigenvalue weighted by Gasteiger charge is 2.01. The first-order valence-corrected chi connectivity index (χ1v) is 5.52. The molecule has 0 aliphatic carbocycles. The fourth-order valence-electron chi connectivity index (χ4n) is 1.43. The van der Waals surface area contributed by atoms with Crippen LogP contribution in [0.5, 0.6) is 0 Å². The monoisotopic (exact) mass is 203 g/mol. The molecule has 0 fully saturated rings. The van der Waals surface area contributed by atoms with Crippen molar-refractivity contribution in [2.45, 2.75) is 13.5 Å². The van der Waals surface area contributed by atoms with Gasteiger partial charge in [-0.05, 0) is 29.5 Å². The van der Waals surface area contributed by atoms with Gasteiger partial charge in [-0.1, -0.05) is 29.8 Å². The van der Waals surface area contributed by atoms with Crippen LogP contribution in [0.15, 0.2) is 35.7 Å². The maximum absolute atomic E-state index is 5.58. The Labute approximate surface area is 88.2 Å². The van der Waals surface area contributed by atoms with Gasteiger partial charge in [-0.3, -0.25) is 0 Å². The lowest BCUT2D eigenvalue weighted by Crippen LogP contribution is -1.92. The van der Waals surface area contributed by atoms with Crippen molar-refractivity contribution < 1.29 is 0 Å². The standard InChI is InChI=1S/C12H13NS/c1-9-3-2-4-11(5-9)12-6-10(7-13)8-14-12/h2-6,8H,7,13H2,1H3. The molecule has 2 aromatic rings. The van der Waals surface area contributed by atoms with Crippen LogP contribution >= 0.6 is 11.3 Å². The first-order valence-electron chi connectivity index (χ1n) is 4.64. The number of hydrogen-bond donors (Lipinski definition) is 1. The number of hydrogen-bond acceptors (Lipinski definition) is 2. The molecule has 0 amide bonds. The normalized spacial score (nSPS) is 10.4. The summed E-state index contributed by atoms with van der Waals surface area (Å²) < 4.78 is 0. The fraction of sp³-hybridized carbons (Fsp3) is 0.167. The summed E-state index contributed by atoms with van der Waals surface area (Å²) >= 11 is 1.76. The Morgan fingerprint density at radius 1 is 1.29 bits per heavy atom. The van der Waals surface area contributed by atoms with E-state index in [1.54, 1.807) is 11.3 Å². The molecule has 0 spiro atoms. The molecule has 2 heteroatoms. The zero-order chi connectivity index (χ0) is 9.97. The molecular weight excluding hydrogens is 190 g/mol. The second-order valence-electron chi connectivity index (χ2n) is 3.39. The van der Waals surface area contributed by atoms with Gasteiger partial charge in [-0.2, -0.15) is 0 Å². The molecule has 1 aromatic carbocycles. The van der Waals surface area contributed by atoms with Crippen LogP contribution in [-0.4, -0.2) is 0 Å². The summed E-state index contributed by atoms with van der Waals surface area (Å²) in [5.74, 6) is 0. The Morgan fingerprint density at radius 3 is 2.79 bits per heavy atom. The van der Waals surface area contributed by atoms with E-state index >= 15 is 0 Å². The van der Waals surface area contributed by atoms with Gasteiger partial charge in [0.15, 0.2) is 0 Å². The molecule has 0 radical (unpaired) electrons. The van der Waals surface area contributed by atoms with Gasteiger partial charge in [0.2, 0.25) is 0 Å². The largest absolute Gasteiger partial charge is 0.326 e. The third-order valence-electron chi connectivity index (χ3n) is 2.19. The van der Waals surface area contributed by atoms with E-state index in [0.717, 1.165) is 0 Å². The SMILES string of the molecule is Cc1cccc(-c2cc(CN)cs2)c1. The van der Waals surface area contributed by atoms with Crippen molar-refractivity contribution in [1.82, 2.24) is 0 Å². The molecule has 72 valence electrons. The van der Waals surface area contributed by atoms with Crippen LogP contribution in [0, 0.1) is 6.92 Å². The molecule has 0 atom stereocenters. The van der Waals surface area contributed by atoms with Gasteiger partial charge < -0.3 is 5.73 Å². The van der Waals surface area contributed by atoms with Crippen molar-refractivity contribution in [2.75, 3.05) is 0 Å². The molecule has 1 heterocycles. The van der Waals surface area contributed by atoms with E-state index in [4.69, 9.17) is 5.73 Å². The molecule has 0 unspecified atom stereocenters. The first-order chi connectivity index (χ1) is 6.79. The van der Waals surface area contributed by atoms with E-state index in [-0.39, 0.29) is 0 Å². The second kappa shape index (κ2) is 3.95. The third-order valence-corrected chi connectivity index (χ3v) is 3.22. The van der Waals surface area contributed by atoms with Crippen LogP contribution in [-0.2, 0) is 6.54 Å². The molecular formula is C12H13NS. The summed E-state index contributed by atoms with van der Waals surface area (Å²) in [5.41, 5.74) is 9.38. The van der Waals surface area contributed by atoms with Crippen molar-refractivity contribution >= 4 is 11.3 Å². The number of thiophene rings is 1. The van der Waals surface area contributed by atoms with Gasteiger partial charge >= 0.3 is 0 Å². The summed E-state index contributed by atoms with van der Waals surface area (Å²) in [7, 11) is 0. The first kappa shape index (κ1) is 9.44. The summed E-state index contributed by atoms with van der Waals surface area (Å²) in [5, 5.41) is 2.12. The molecule has 2 rings (SSSR count). The van der Waals surface area contributed by atoms with Crippen molar-refractivity contribution in [3.8, 4) is 10.4 Å². The van der Waals surface area contributed by atoms with E-state index in [1.807, 2.05) is 0 Å². The van der Waals surface area contributed by atoms with E-state index in [9.17, 15) is 0 Å². The molecule has 0 aliphatic rings. The average molecular weight is 203 g/mol. The zero-order valence-electron chi connectivity index (χ0n) is 8.16. The van der Waals surface area contributed by atoms with Gasteiger partial charge in [-0.15, -0.1) is 11.3 Å². The predicted molar refractivity (Wildman–Crippen MR) is 62.4 cm³/mol. The van der Waals surface area contributed by atoms with Crippen LogP contribution in [0.4, 0.5) is 0 Å². The summed E-state index contributed by atoms with van der Waals surface area (Å²) in [6.07, 6.45) is 0. The van der Waals surface area contributed by atoms with Gasteiger partial charge in [0.25, 0.3) is 0 Å². The third kappa shape index (κ3) is 1.86. The van der Waals surface area contributed by atoms with Crippen molar-refractivity contribution in [3.63, 3.8) is 0 Å². The Hall–Kier alpha value is -1.12. The number of benzene rings is 1. The Balaban J connectivity index is 2.39. The number of nitrogens with two attached hydrogens (primary N) is 1. The number of aryl methyl sites for hydroxylation is 1. The van der Waals surface area contributed by atoms with Gasteiger partial charge in [0.05, 0.1) is 0 Å². The lowest BCUT2D eigenvalue weighted by Gasteiger charge is -1.98. The van der Waals surface area contributed by atoms with Crippen LogP contribution in [0.3, 0.4) is 0 Å². The lowest BCUT2D eigenvalue weighted by molar-refractivity contribution is 1.08. The molecule has 0 bridgehead atoms. The Morgan fingerprint density at radius 2 is 2.14 bits per heavy atom. The zero-order valence-corrected chi connectivity index (χ0v) is 8.97. The maximum Gasteiger partial charge on any atom is 0.0346 e. The minimum Gasteiger partial charge on any atom is -0.326 e. The van der Waals surface area contributed by atoms with Crippen molar-refractivity contribution in [2.24, 2.45) is 5.73 Å². The highest BCUT2D eigenvalue weighted by Crippen LogP contribution is 2.27. The molecule has 0 saturated heterocycles. The molecule has 0 saturated carbocycles. The van der Waals surface area contributed by atoms with Crippen LogP contribution < -0.4 is 5.73 Å². The average Bonchev–Trinajstić information content (AvgIpc) is 2.66. The summed E-state index contributed by atoms with van der Waals surface area (Å²) in [6, 6.07) is 10.7. The van der Waals surface area contributed by atoms with E-state index in [0.29, 0.717) is 6.54 Å². The molecule has 2 N–H and O–H groups in total. The maximum atomic E-state index is 5.58. The van der Waals surface area contributed by atoms with E-state index < -0.39 is 0 Å². The molecule has 1 nitrogen and oxygen atoms in total. The fourth-order valence-corrected chi connectivity index (χ4v) is 2.36. The summed E-state index contributed by atoms with van der Waals surface area (Å²) in [4.78, 5) is 1.30. The minimum absolute atomic E-state index is 0.627. The van der Waals surface area contributed by atoms with E-state index in [1.165, 1.54) is 21.6 Å². The topological polar surface area (TPSA) is 26.0 Å². The predicted octanol–water partition coefficient (Wildman–Crippen LogP) is 3.18. The highest BCUT2D eigenvalue weighted by molar-refractivity contribution is 7.13. The smallest absolute Gasteiger partial charge is 0.0346 e. The summed E-state index contributed by atoms with van der Waals surface area (Å²) in [6.45, 7) is 2.74. The van der Waals surface area contributed by atoms with Crippen LogP contribution in [0.2, 0.25) is 0 Å². The van der Waals surface area contributed by atoms with Crippen LogP contribution in [0.25, 0.3) is 10.4 Å². The minimum atomic E-state index is 0.627. The number of rotatable bonds is 2. The molecule has 0 aliphatic heterocycles. The lowest BCUT2D eigenvalue weighted by atomic mass is 10.1. The van der Waals surface area contributed by atoms with Crippen LogP contribution in [0.1, 0.15) is 11.1 Å². The van der Waals surface area contributed by atoms with Gasteiger partial charge in [-0.25, -0.2) is 0 Å². The van der Waals surface area contributed by atoms with E-state index in [2.05, 4.69) is 42.6 Å². The van der Waals surface area contributed by atoms with Crippen molar-refractivity contribution in [3.05, 3.63) is 46.8 Å². The van der Waals surface area contributed by atoms with Gasteiger partial charge in [0.1, 0.15) is 0 Å². The molecule has 14 heavy (non-hydrogen) atoms. The van der Waals surface area contributed by atoms with Crippen molar-refractivity contribution in [1.29, 1.82) is 0 Å². The Kier molecular flexibility index (Phi) is 2.66. The highest BCUT2D eigenvalue weighted by atomic mass is 32.1. The molecule has 1 aromatic heterocycles. The Bertz CT molecular complexity index is 431. The second-order valence-corrected chi connectivity index (χ2v) is 4.30.